The molecule has 0 atom stereocenters. The maximum absolute atomic E-state index is 13.2. The summed E-state index contributed by atoms with van der Waals surface area (Å²) in [6, 6.07) is 10.7. The number of carbonyl (C=O) groups is 1. The van der Waals surface area contributed by atoms with Gasteiger partial charge in [-0.25, -0.2) is 4.98 Å². The van der Waals surface area contributed by atoms with Crippen LogP contribution in [0.25, 0.3) is 11.4 Å². The van der Waals surface area contributed by atoms with E-state index in [4.69, 9.17) is 0 Å². The van der Waals surface area contributed by atoms with E-state index in [0.29, 0.717) is 18.6 Å². The first-order chi connectivity index (χ1) is 12.6. The molecule has 1 amide bonds. The van der Waals surface area contributed by atoms with E-state index in [-0.39, 0.29) is 5.91 Å². The molecule has 1 saturated carbocycles. The van der Waals surface area contributed by atoms with Crippen LogP contribution in [-0.2, 0) is 6.54 Å². The number of imidazole rings is 1. The summed E-state index contributed by atoms with van der Waals surface area (Å²) in [5.74, 6) is 1.02. The number of amides is 1. The van der Waals surface area contributed by atoms with Gasteiger partial charge in [0.2, 0.25) is 0 Å². The van der Waals surface area contributed by atoms with Crippen LogP contribution in [0.2, 0.25) is 0 Å². The first-order valence-electron chi connectivity index (χ1n) is 9.09. The van der Waals surface area contributed by atoms with Crippen molar-refractivity contribution in [3.8, 4) is 11.4 Å². The highest BCUT2D eigenvalue weighted by molar-refractivity contribution is 7.07. The van der Waals surface area contributed by atoms with Crippen molar-refractivity contribution in [2.24, 2.45) is 0 Å². The van der Waals surface area contributed by atoms with Crippen molar-refractivity contribution in [2.45, 2.75) is 45.3 Å². The summed E-state index contributed by atoms with van der Waals surface area (Å²) in [7, 11) is 0. The fraction of sp³-hybridized carbons (Fsp3) is 0.333. The van der Waals surface area contributed by atoms with E-state index in [1.165, 1.54) is 5.56 Å². The van der Waals surface area contributed by atoms with Crippen LogP contribution in [-0.4, -0.2) is 26.4 Å². The zero-order chi connectivity index (χ0) is 18.1. The Morgan fingerprint density at radius 2 is 2.19 bits per heavy atom. The molecule has 4 nitrogen and oxygen atoms in total. The number of thiophene rings is 1. The molecule has 2 aromatic heterocycles. The van der Waals surface area contributed by atoms with Gasteiger partial charge >= 0.3 is 0 Å². The van der Waals surface area contributed by atoms with Crippen molar-refractivity contribution < 1.29 is 4.79 Å². The molecule has 0 aliphatic heterocycles. The minimum Gasteiger partial charge on any atom is -0.331 e. The van der Waals surface area contributed by atoms with E-state index in [2.05, 4.69) is 40.2 Å². The Hall–Kier alpha value is -2.40. The van der Waals surface area contributed by atoms with Gasteiger partial charge in [-0.15, -0.1) is 0 Å². The summed E-state index contributed by atoms with van der Waals surface area (Å²) in [4.78, 5) is 19.7. The smallest absolute Gasteiger partial charge is 0.254 e. The van der Waals surface area contributed by atoms with Crippen LogP contribution in [0.4, 0.5) is 0 Å². The summed E-state index contributed by atoms with van der Waals surface area (Å²) in [5.41, 5.74) is 2.94. The molecule has 134 valence electrons. The van der Waals surface area contributed by atoms with Gasteiger partial charge in [0.05, 0.1) is 0 Å². The summed E-state index contributed by atoms with van der Waals surface area (Å²) in [6.07, 6.45) is 6.01. The topological polar surface area (TPSA) is 38.1 Å². The number of rotatable bonds is 6. The lowest BCUT2D eigenvalue weighted by molar-refractivity contribution is 0.0730. The highest BCUT2D eigenvalue weighted by Gasteiger charge is 2.33. The second kappa shape index (κ2) is 7.08. The number of aromatic nitrogens is 2. The molecule has 1 aliphatic carbocycles. The Morgan fingerprint density at radius 1 is 1.35 bits per heavy atom. The first-order valence-corrected chi connectivity index (χ1v) is 10.0. The van der Waals surface area contributed by atoms with Crippen LogP contribution in [0.5, 0.6) is 0 Å². The molecule has 26 heavy (non-hydrogen) atoms. The van der Waals surface area contributed by atoms with Crippen LogP contribution in [0.1, 0.15) is 48.7 Å². The molecule has 0 bridgehead atoms. The van der Waals surface area contributed by atoms with Gasteiger partial charge in [-0.05, 0) is 61.2 Å². The number of hydrogen-bond acceptors (Lipinski definition) is 3. The lowest BCUT2D eigenvalue weighted by atomic mass is 10.1. The summed E-state index contributed by atoms with van der Waals surface area (Å²) < 4.78 is 2.13. The third kappa shape index (κ3) is 3.44. The zero-order valence-corrected chi connectivity index (χ0v) is 15.9. The van der Waals surface area contributed by atoms with Gasteiger partial charge in [-0.3, -0.25) is 4.79 Å². The molecular weight excluding hydrogens is 342 g/mol. The Labute approximate surface area is 158 Å². The fourth-order valence-corrected chi connectivity index (χ4v) is 3.90. The number of nitrogens with zero attached hydrogens (tertiary/aromatic N) is 3. The molecule has 3 aromatic rings. The van der Waals surface area contributed by atoms with E-state index in [9.17, 15) is 4.79 Å². The summed E-state index contributed by atoms with van der Waals surface area (Å²) >= 11 is 1.68. The average Bonchev–Trinajstić information content (AvgIpc) is 3.14. The molecule has 1 fully saturated rings. The van der Waals surface area contributed by atoms with Crippen molar-refractivity contribution in [1.82, 2.24) is 14.5 Å². The second-order valence-corrected chi connectivity index (χ2v) is 7.91. The Morgan fingerprint density at radius 3 is 2.88 bits per heavy atom. The predicted octanol–water partition coefficient (Wildman–Crippen LogP) is 5.00. The summed E-state index contributed by atoms with van der Waals surface area (Å²) in [6.45, 7) is 4.96. The van der Waals surface area contributed by atoms with E-state index in [1.807, 2.05) is 41.6 Å². The van der Waals surface area contributed by atoms with Crippen LogP contribution < -0.4 is 0 Å². The van der Waals surface area contributed by atoms with E-state index in [0.717, 1.165) is 29.8 Å². The molecule has 0 N–H and O–H groups in total. The van der Waals surface area contributed by atoms with Crippen LogP contribution in [0.15, 0.2) is 53.5 Å². The number of benzene rings is 1. The van der Waals surface area contributed by atoms with Crippen molar-refractivity contribution in [1.29, 1.82) is 0 Å². The van der Waals surface area contributed by atoms with Gasteiger partial charge in [-0.1, -0.05) is 12.1 Å². The van der Waals surface area contributed by atoms with Crippen molar-refractivity contribution in [2.75, 3.05) is 0 Å². The third-order valence-electron chi connectivity index (χ3n) is 4.77. The molecule has 4 rings (SSSR count). The minimum absolute atomic E-state index is 0.114. The predicted molar refractivity (Wildman–Crippen MR) is 105 cm³/mol. The summed E-state index contributed by atoms with van der Waals surface area (Å²) in [5, 5.41) is 4.19. The van der Waals surface area contributed by atoms with Gasteiger partial charge in [0.1, 0.15) is 5.82 Å². The van der Waals surface area contributed by atoms with E-state index in [1.54, 1.807) is 11.3 Å². The maximum Gasteiger partial charge on any atom is 0.254 e. The lowest BCUT2D eigenvalue weighted by Gasteiger charge is -2.22. The highest BCUT2D eigenvalue weighted by atomic mass is 32.1. The molecule has 0 spiro atoms. The SMILES string of the molecule is CC(C)n1ccnc1-c1cccc(C(=O)N(Cc2ccsc2)C2CC2)c1. The molecule has 2 heterocycles. The molecular formula is C21H23N3OS. The molecule has 5 heteroatoms. The Bertz CT molecular complexity index is 894. The maximum atomic E-state index is 13.2. The fourth-order valence-electron chi connectivity index (χ4n) is 3.24. The molecule has 1 aromatic carbocycles. The Kier molecular flexibility index (Phi) is 4.64. The van der Waals surface area contributed by atoms with Crippen LogP contribution >= 0.6 is 11.3 Å². The largest absolute Gasteiger partial charge is 0.331 e. The van der Waals surface area contributed by atoms with Crippen molar-refractivity contribution >= 4 is 17.2 Å². The van der Waals surface area contributed by atoms with Crippen molar-refractivity contribution in [3.05, 3.63) is 64.6 Å². The normalized spacial score (nSPS) is 14.0. The molecule has 0 unspecified atom stereocenters. The van der Waals surface area contributed by atoms with Gasteiger partial charge in [0.15, 0.2) is 0 Å². The van der Waals surface area contributed by atoms with Gasteiger partial charge in [-0.2, -0.15) is 11.3 Å². The Balaban J connectivity index is 1.62. The third-order valence-corrected chi connectivity index (χ3v) is 5.51. The van der Waals surface area contributed by atoms with Gasteiger partial charge in [0, 0.05) is 42.1 Å². The molecule has 0 radical (unpaired) electrons. The zero-order valence-electron chi connectivity index (χ0n) is 15.1. The van der Waals surface area contributed by atoms with Crippen molar-refractivity contribution in [3.63, 3.8) is 0 Å². The standard InChI is InChI=1S/C21H23N3OS/c1-15(2)23-10-9-22-20(23)17-4-3-5-18(12-17)21(25)24(19-6-7-19)13-16-8-11-26-14-16/h3-5,8-12,14-15,19H,6-7,13H2,1-2H3. The second-order valence-electron chi connectivity index (χ2n) is 7.13. The lowest BCUT2D eigenvalue weighted by Crippen LogP contribution is -2.32. The number of hydrogen-bond donors (Lipinski definition) is 0. The van der Waals surface area contributed by atoms with Gasteiger partial charge in [0.25, 0.3) is 5.91 Å². The average molecular weight is 366 g/mol. The van der Waals surface area contributed by atoms with Crippen LogP contribution in [0.3, 0.4) is 0 Å². The molecule has 1 aliphatic rings. The first kappa shape index (κ1) is 17.0. The highest BCUT2D eigenvalue weighted by Crippen LogP contribution is 2.31. The molecule has 0 saturated heterocycles. The van der Waals surface area contributed by atoms with E-state index >= 15 is 0 Å². The quantitative estimate of drug-likeness (QED) is 0.617. The van der Waals surface area contributed by atoms with Gasteiger partial charge < -0.3 is 9.47 Å². The number of carbonyl (C=O) groups excluding carboxylic acids is 1. The van der Waals surface area contributed by atoms with Crippen LogP contribution in [0, 0.1) is 0 Å². The monoisotopic (exact) mass is 365 g/mol. The minimum atomic E-state index is 0.114. The van der Waals surface area contributed by atoms with E-state index < -0.39 is 0 Å².